The van der Waals surface area contributed by atoms with Gasteiger partial charge in [0.25, 0.3) is 0 Å². The summed E-state index contributed by atoms with van der Waals surface area (Å²) in [6, 6.07) is 10.4. The van der Waals surface area contributed by atoms with Crippen molar-refractivity contribution in [2.45, 2.75) is 31.9 Å². The SMILES string of the molecule is O=S1(=O)CCCN1c1cnn2c1CN(C(O)Nc1cc(F)c(F)c(F)c1)[C@@H](c1ccccc1)C2. The van der Waals surface area contributed by atoms with Crippen LogP contribution >= 0.6 is 0 Å². The second-order valence-electron chi connectivity index (χ2n) is 8.27. The molecule has 0 amide bonds. The molecule has 0 bridgehead atoms. The zero-order valence-corrected chi connectivity index (χ0v) is 18.7. The number of anilines is 2. The normalized spacial score (nSPS) is 20.8. The number of aliphatic hydroxyl groups is 1. The average molecular weight is 494 g/mol. The lowest BCUT2D eigenvalue weighted by Crippen LogP contribution is -2.47. The third kappa shape index (κ3) is 4.01. The summed E-state index contributed by atoms with van der Waals surface area (Å²) in [4.78, 5) is 1.64. The average Bonchev–Trinajstić information content (AvgIpc) is 3.38. The Morgan fingerprint density at radius 2 is 1.82 bits per heavy atom. The van der Waals surface area contributed by atoms with Gasteiger partial charge in [0.15, 0.2) is 23.8 Å². The Bertz CT molecular complexity index is 1300. The van der Waals surface area contributed by atoms with Crippen molar-refractivity contribution < 1.29 is 26.7 Å². The number of aliphatic hydroxyl groups excluding tert-OH is 1. The molecule has 2 aromatic carbocycles. The van der Waals surface area contributed by atoms with Crippen LogP contribution in [0.1, 0.15) is 23.7 Å². The molecule has 34 heavy (non-hydrogen) atoms. The van der Waals surface area contributed by atoms with Gasteiger partial charge in [-0.1, -0.05) is 30.3 Å². The van der Waals surface area contributed by atoms with E-state index < -0.39 is 39.9 Å². The summed E-state index contributed by atoms with van der Waals surface area (Å²) in [7, 11) is -3.44. The zero-order chi connectivity index (χ0) is 24.0. The van der Waals surface area contributed by atoms with Crippen LogP contribution in [0.15, 0.2) is 48.7 Å². The summed E-state index contributed by atoms with van der Waals surface area (Å²) in [5.74, 6) is -4.31. The molecule has 2 N–H and O–H groups in total. The maximum Gasteiger partial charge on any atom is 0.235 e. The van der Waals surface area contributed by atoms with Crippen molar-refractivity contribution in [2.24, 2.45) is 0 Å². The summed E-state index contributed by atoms with van der Waals surface area (Å²) in [5, 5.41) is 18.1. The highest BCUT2D eigenvalue weighted by Crippen LogP contribution is 2.36. The lowest BCUT2D eigenvalue weighted by atomic mass is 10.0. The minimum atomic E-state index is -3.44. The van der Waals surface area contributed by atoms with Gasteiger partial charge in [0.2, 0.25) is 10.0 Å². The van der Waals surface area contributed by atoms with E-state index in [1.807, 2.05) is 30.3 Å². The van der Waals surface area contributed by atoms with Crippen LogP contribution in [0.5, 0.6) is 0 Å². The Morgan fingerprint density at radius 1 is 1.12 bits per heavy atom. The van der Waals surface area contributed by atoms with Crippen molar-refractivity contribution in [2.75, 3.05) is 21.9 Å². The highest BCUT2D eigenvalue weighted by molar-refractivity contribution is 7.93. The number of rotatable bonds is 5. The molecule has 2 atom stereocenters. The Hall–Kier alpha value is -3.09. The van der Waals surface area contributed by atoms with E-state index in [1.165, 1.54) is 10.5 Å². The molecule has 180 valence electrons. The molecule has 3 heterocycles. The first-order valence-electron chi connectivity index (χ1n) is 10.7. The highest BCUT2D eigenvalue weighted by atomic mass is 32.2. The highest BCUT2D eigenvalue weighted by Gasteiger charge is 2.38. The topological polar surface area (TPSA) is 90.7 Å². The van der Waals surface area contributed by atoms with Crippen LogP contribution in [0.3, 0.4) is 0 Å². The van der Waals surface area contributed by atoms with Gasteiger partial charge < -0.3 is 10.4 Å². The van der Waals surface area contributed by atoms with Crippen molar-refractivity contribution in [3.63, 3.8) is 0 Å². The van der Waals surface area contributed by atoms with Gasteiger partial charge in [-0.15, -0.1) is 0 Å². The number of nitrogens with zero attached hydrogens (tertiary/aromatic N) is 4. The van der Waals surface area contributed by atoms with E-state index in [0.717, 1.165) is 17.7 Å². The molecule has 3 aromatic rings. The standard InChI is InChI=1S/C22H22F3N5O3S/c23-16-9-15(10-17(24)21(16)25)27-22(31)28-12-20-18(30-7-4-8-34(30,32)33)11-26-29(20)13-19(28)14-5-2-1-3-6-14/h1-3,5-6,9-11,19,22,27,31H,4,7-8,12-13H2/t19-,22?/m1/s1. The molecule has 1 aromatic heterocycles. The van der Waals surface area contributed by atoms with Gasteiger partial charge in [-0.2, -0.15) is 5.10 Å². The number of halogens is 3. The summed E-state index contributed by atoms with van der Waals surface area (Å²) < 4.78 is 68.8. The van der Waals surface area contributed by atoms with Crippen molar-refractivity contribution >= 4 is 21.4 Å². The lowest BCUT2D eigenvalue weighted by Gasteiger charge is -2.40. The van der Waals surface area contributed by atoms with E-state index in [4.69, 9.17) is 0 Å². The van der Waals surface area contributed by atoms with Crippen LogP contribution in [-0.2, 0) is 23.1 Å². The van der Waals surface area contributed by atoms with Crippen LogP contribution in [0.25, 0.3) is 0 Å². The second kappa shape index (κ2) is 8.60. The van der Waals surface area contributed by atoms with Crippen molar-refractivity contribution in [1.82, 2.24) is 14.7 Å². The van der Waals surface area contributed by atoms with Gasteiger partial charge in [0.05, 0.1) is 35.9 Å². The minimum absolute atomic E-state index is 0.0554. The van der Waals surface area contributed by atoms with Crippen LogP contribution in [-0.4, -0.2) is 46.9 Å². The third-order valence-corrected chi connectivity index (χ3v) is 8.01. The Labute approximate surface area is 194 Å². The Kier molecular flexibility index (Phi) is 5.74. The molecule has 1 unspecified atom stereocenters. The van der Waals surface area contributed by atoms with Crippen molar-refractivity contribution in [3.05, 3.63) is 77.4 Å². The maximum absolute atomic E-state index is 13.7. The number of hydrogen-bond acceptors (Lipinski definition) is 6. The number of sulfonamides is 1. The predicted octanol–water partition coefficient (Wildman–Crippen LogP) is 2.79. The monoisotopic (exact) mass is 493 g/mol. The molecule has 1 saturated heterocycles. The fraction of sp³-hybridized carbons (Fsp3) is 0.318. The quantitative estimate of drug-likeness (QED) is 0.420. The molecule has 1 fully saturated rings. The molecule has 8 nitrogen and oxygen atoms in total. The van der Waals surface area contributed by atoms with Crippen molar-refractivity contribution in [3.8, 4) is 0 Å². The Morgan fingerprint density at radius 3 is 2.47 bits per heavy atom. The minimum Gasteiger partial charge on any atom is -0.361 e. The van der Waals surface area contributed by atoms with Gasteiger partial charge in [-0.3, -0.25) is 8.99 Å². The molecule has 5 rings (SSSR count). The van der Waals surface area contributed by atoms with E-state index >= 15 is 0 Å². The van der Waals surface area contributed by atoms with Gasteiger partial charge in [-0.25, -0.2) is 26.5 Å². The first-order valence-corrected chi connectivity index (χ1v) is 12.3. The molecule has 12 heteroatoms. The fourth-order valence-electron chi connectivity index (χ4n) is 4.49. The summed E-state index contributed by atoms with van der Waals surface area (Å²) >= 11 is 0. The smallest absolute Gasteiger partial charge is 0.235 e. The molecule has 0 radical (unpaired) electrons. The third-order valence-electron chi connectivity index (χ3n) is 6.15. The van der Waals surface area contributed by atoms with Gasteiger partial charge >= 0.3 is 0 Å². The van der Waals surface area contributed by atoms with Crippen LogP contribution in [0, 0.1) is 17.5 Å². The maximum atomic E-state index is 13.7. The molecule has 0 aliphatic carbocycles. The van der Waals surface area contributed by atoms with E-state index in [1.54, 1.807) is 9.58 Å². The van der Waals surface area contributed by atoms with E-state index in [9.17, 15) is 26.7 Å². The van der Waals surface area contributed by atoms with Gasteiger partial charge in [0, 0.05) is 30.9 Å². The van der Waals surface area contributed by atoms with E-state index in [2.05, 4.69) is 10.4 Å². The summed E-state index contributed by atoms with van der Waals surface area (Å²) in [6.45, 7) is 0.747. The molecular formula is C22H22F3N5O3S. The summed E-state index contributed by atoms with van der Waals surface area (Å²) in [5.41, 5.74) is 1.75. The number of aromatic nitrogens is 2. The van der Waals surface area contributed by atoms with Gasteiger partial charge in [-0.05, 0) is 12.0 Å². The largest absolute Gasteiger partial charge is 0.361 e. The molecule has 2 aliphatic heterocycles. The van der Waals surface area contributed by atoms with Crippen molar-refractivity contribution in [1.29, 1.82) is 0 Å². The molecule has 0 saturated carbocycles. The first-order chi connectivity index (χ1) is 16.2. The second-order valence-corrected chi connectivity index (χ2v) is 10.3. The van der Waals surface area contributed by atoms with Gasteiger partial charge in [0.1, 0.15) is 0 Å². The van der Waals surface area contributed by atoms with E-state index in [0.29, 0.717) is 30.9 Å². The van der Waals surface area contributed by atoms with Crippen LogP contribution in [0.4, 0.5) is 24.5 Å². The lowest BCUT2D eigenvalue weighted by molar-refractivity contribution is -0.0311. The van der Waals surface area contributed by atoms with Crippen LogP contribution in [0.2, 0.25) is 0 Å². The number of nitrogens with one attached hydrogen (secondary N) is 1. The predicted molar refractivity (Wildman–Crippen MR) is 119 cm³/mol. The number of benzene rings is 2. The molecule has 0 spiro atoms. The summed E-state index contributed by atoms with van der Waals surface area (Å²) in [6.07, 6.45) is 0.588. The van der Waals surface area contributed by atoms with E-state index in [-0.39, 0.29) is 18.0 Å². The molecular weight excluding hydrogens is 471 g/mol. The zero-order valence-electron chi connectivity index (χ0n) is 17.9. The number of fused-ring (bicyclic) bond motifs is 1. The Balaban J connectivity index is 1.50. The number of hydrogen-bond donors (Lipinski definition) is 2. The fourth-order valence-corrected chi connectivity index (χ4v) is 6.06. The van der Waals surface area contributed by atoms with Crippen LogP contribution < -0.4 is 9.62 Å². The first kappa shape index (κ1) is 22.7. The molecule has 2 aliphatic rings.